The Balaban J connectivity index is 1.99. The zero-order valence-corrected chi connectivity index (χ0v) is 15.4. The van der Waals surface area contributed by atoms with Gasteiger partial charge in [-0.1, -0.05) is 13.3 Å². The largest absolute Gasteiger partial charge is 0.486 e. The Morgan fingerprint density at radius 1 is 1.15 bits per heavy atom. The summed E-state index contributed by atoms with van der Waals surface area (Å²) in [7, 11) is 0. The molecule has 1 aromatic carbocycles. The first-order valence-electron chi connectivity index (χ1n) is 8.99. The number of rotatable bonds is 8. The van der Waals surface area contributed by atoms with Crippen LogP contribution in [0.15, 0.2) is 33.9 Å². The summed E-state index contributed by atoms with van der Waals surface area (Å²) in [5, 5.41) is 0. The molecule has 0 aliphatic rings. The molecule has 142 valence electrons. The lowest BCUT2D eigenvalue weighted by Gasteiger charge is -2.08. The Bertz CT molecular complexity index is 1060. The summed E-state index contributed by atoms with van der Waals surface area (Å²) in [4.78, 5) is 42.2. The number of carbonyl (C=O) groups is 1. The molecule has 0 saturated carbocycles. The van der Waals surface area contributed by atoms with Gasteiger partial charge in [-0.2, -0.15) is 0 Å². The smallest absolute Gasteiger partial charge is 0.330 e. The highest BCUT2D eigenvalue weighted by atomic mass is 16.5. The molecule has 2 heterocycles. The Kier molecular flexibility index (Phi) is 5.54. The number of unbranched alkanes of at least 4 members (excludes halogenated alkanes) is 1. The van der Waals surface area contributed by atoms with E-state index in [4.69, 9.17) is 4.74 Å². The molecule has 8 nitrogen and oxygen atoms in total. The molecule has 27 heavy (non-hydrogen) atoms. The molecule has 0 spiro atoms. The maximum Gasteiger partial charge on any atom is 0.330 e. The van der Waals surface area contributed by atoms with Crippen LogP contribution in [-0.2, 0) is 19.7 Å². The molecule has 8 heteroatoms. The van der Waals surface area contributed by atoms with Gasteiger partial charge in [0.05, 0.1) is 0 Å². The molecule has 0 aliphatic carbocycles. The van der Waals surface area contributed by atoms with Crippen molar-refractivity contribution in [1.29, 1.82) is 0 Å². The van der Waals surface area contributed by atoms with Gasteiger partial charge in [0.25, 0.3) is 5.56 Å². The molecule has 0 bridgehead atoms. The molecule has 0 fully saturated rings. The lowest BCUT2D eigenvalue weighted by atomic mass is 10.2. The van der Waals surface area contributed by atoms with Crippen molar-refractivity contribution in [2.45, 2.75) is 46.4 Å². The summed E-state index contributed by atoms with van der Waals surface area (Å²) >= 11 is 0. The van der Waals surface area contributed by atoms with Gasteiger partial charge >= 0.3 is 5.69 Å². The number of nitrogens with one attached hydrogen (secondary N) is 1. The predicted molar refractivity (Wildman–Crippen MR) is 101 cm³/mol. The summed E-state index contributed by atoms with van der Waals surface area (Å²) < 4.78 is 9.02. The van der Waals surface area contributed by atoms with E-state index in [2.05, 4.69) is 9.97 Å². The normalized spacial score (nSPS) is 11.0. The lowest BCUT2D eigenvalue weighted by Crippen LogP contribution is -2.31. The number of aldehydes is 1. The molecular weight excluding hydrogens is 348 g/mol. The molecular formula is C19H22N4O4. The molecule has 0 saturated heterocycles. The molecule has 0 unspecified atom stereocenters. The van der Waals surface area contributed by atoms with Crippen LogP contribution in [0, 0.1) is 0 Å². The van der Waals surface area contributed by atoms with Crippen molar-refractivity contribution in [1.82, 2.24) is 19.1 Å². The number of imidazole rings is 1. The maximum atomic E-state index is 12.4. The topological polar surface area (TPSA) is 99.0 Å². The van der Waals surface area contributed by atoms with Gasteiger partial charge in [0.15, 0.2) is 11.2 Å². The van der Waals surface area contributed by atoms with E-state index in [-0.39, 0.29) is 6.61 Å². The SMILES string of the molecule is CCCCn1c(=O)[nH]c(=O)c2c1nc(COc1ccc(C=O)cc1)n2CC. The molecule has 0 radical (unpaired) electrons. The molecule has 3 rings (SSSR count). The van der Waals surface area contributed by atoms with Gasteiger partial charge in [0.1, 0.15) is 24.5 Å². The number of hydrogen-bond donors (Lipinski definition) is 1. The number of aromatic nitrogens is 4. The van der Waals surface area contributed by atoms with Crippen LogP contribution in [0.2, 0.25) is 0 Å². The standard InChI is InChI=1S/C19H22N4O4/c1-3-5-10-23-17-16(18(25)21-19(23)26)22(4-2)15(20-17)12-27-14-8-6-13(11-24)7-9-14/h6-9,11H,3-5,10,12H2,1-2H3,(H,21,25,26). The highest BCUT2D eigenvalue weighted by Gasteiger charge is 2.18. The van der Waals surface area contributed by atoms with Crippen molar-refractivity contribution < 1.29 is 9.53 Å². The van der Waals surface area contributed by atoms with Crippen molar-refractivity contribution in [2.75, 3.05) is 0 Å². The van der Waals surface area contributed by atoms with Gasteiger partial charge < -0.3 is 9.30 Å². The average Bonchev–Trinajstić information content (AvgIpc) is 3.05. The zero-order valence-electron chi connectivity index (χ0n) is 15.4. The van der Waals surface area contributed by atoms with Crippen LogP contribution in [-0.4, -0.2) is 25.4 Å². The fourth-order valence-corrected chi connectivity index (χ4v) is 2.98. The van der Waals surface area contributed by atoms with Gasteiger partial charge in [-0.25, -0.2) is 9.78 Å². The number of nitrogens with zero attached hydrogens (tertiary/aromatic N) is 3. The fraction of sp³-hybridized carbons (Fsp3) is 0.368. The predicted octanol–water partition coefficient (Wildman–Crippen LogP) is 2.10. The number of aromatic amines is 1. The van der Waals surface area contributed by atoms with Crippen molar-refractivity contribution in [3.63, 3.8) is 0 Å². The van der Waals surface area contributed by atoms with Gasteiger partial charge in [0.2, 0.25) is 0 Å². The van der Waals surface area contributed by atoms with E-state index < -0.39 is 11.2 Å². The summed E-state index contributed by atoms with van der Waals surface area (Å²) in [6.45, 7) is 5.10. The van der Waals surface area contributed by atoms with E-state index in [9.17, 15) is 14.4 Å². The molecule has 0 atom stereocenters. The number of ether oxygens (including phenoxy) is 1. The summed E-state index contributed by atoms with van der Waals surface area (Å²) in [5.41, 5.74) is 0.434. The Morgan fingerprint density at radius 3 is 2.52 bits per heavy atom. The number of hydrogen-bond acceptors (Lipinski definition) is 5. The summed E-state index contributed by atoms with van der Waals surface area (Å²) in [6, 6.07) is 6.73. The minimum Gasteiger partial charge on any atom is -0.486 e. The molecule has 0 amide bonds. The highest BCUT2D eigenvalue weighted by Crippen LogP contribution is 2.16. The van der Waals surface area contributed by atoms with Crippen LogP contribution >= 0.6 is 0 Å². The number of aryl methyl sites for hydroxylation is 2. The van der Waals surface area contributed by atoms with E-state index >= 15 is 0 Å². The number of benzene rings is 1. The van der Waals surface area contributed by atoms with E-state index in [0.29, 0.717) is 41.4 Å². The van der Waals surface area contributed by atoms with Crippen molar-refractivity contribution in [2.24, 2.45) is 0 Å². The monoisotopic (exact) mass is 370 g/mol. The first kappa shape index (κ1) is 18.6. The number of carbonyl (C=O) groups excluding carboxylic acids is 1. The maximum absolute atomic E-state index is 12.4. The first-order chi connectivity index (χ1) is 13.1. The second-order valence-electron chi connectivity index (χ2n) is 6.18. The zero-order chi connectivity index (χ0) is 19.4. The Labute approximate surface area is 155 Å². The number of H-pyrrole nitrogens is 1. The van der Waals surface area contributed by atoms with Crippen LogP contribution in [0.3, 0.4) is 0 Å². The molecule has 3 aromatic rings. The third-order valence-electron chi connectivity index (χ3n) is 4.40. The van der Waals surface area contributed by atoms with E-state index in [1.807, 2.05) is 13.8 Å². The quantitative estimate of drug-likeness (QED) is 0.612. The van der Waals surface area contributed by atoms with Gasteiger partial charge in [0, 0.05) is 18.7 Å². The lowest BCUT2D eigenvalue weighted by molar-refractivity contribution is 0.112. The minimum atomic E-state index is -0.446. The Hall–Kier alpha value is -3.16. The van der Waals surface area contributed by atoms with Crippen LogP contribution < -0.4 is 16.0 Å². The first-order valence-corrected chi connectivity index (χ1v) is 8.99. The second-order valence-corrected chi connectivity index (χ2v) is 6.18. The molecule has 0 aliphatic heterocycles. The summed E-state index contributed by atoms with van der Waals surface area (Å²) in [6.07, 6.45) is 2.51. The molecule has 1 N–H and O–H groups in total. The third kappa shape index (κ3) is 3.69. The van der Waals surface area contributed by atoms with Gasteiger partial charge in [-0.15, -0.1) is 0 Å². The molecule has 2 aromatic heterocycles. The fourth-order valence-electron chi connectivity index (χ4n) is 2.98. The van der Waals surface area contributed by atoms with Crippen molar-refractivity contribution >= 4 is 17.5 Å². The van der Waals surface area contributed by atoms with Crippen LogP contribution in [0.1, 0.15) is 42.9 Å². The highest BCUT2D eigenvalue weighted by molar-refractivity contribution is 5.74. The van der Waals surface area contributed by atoms with Crippen LogP contribution in [0.4, 0.5) is 0 Å². The number of fused-ring (bicyclic) bond motifs is 1. The summed E-state index contributed by atoms with van der Waals surface area (Å²) in [5.74, 6) is 1.15. The van der Waals surface area contributed by atoms with Crippen LogP contribution in [0.25, 0.3) is 11.2 Å². The third-order valence-corrected chi connectivity index (χ3v) is 4.40. The van der Waals surface area contributed by atoms with E-state index in [0.717, 1.165) is 19.1 Å². The average molecular weight is 370 g/mol. The van der Waals surface area contributed by atoms with Crippen molar-refractivity contribution in [3.05, 3.63) is 56.5 Å². The van der Waals surface area contributed by atoms with E-state index in [1.165, 1.54) is 4.57 Å². The van der Waals surface area contributed by atoms with Crippen molar-refractivity contribution in [3.8, 4) is 5.75 Å². The minimum absolute atomic E-state index is 0.143. The second kappa shape index (κ2) is 8.03. The van der Waals surface area contributed by atoms with E-state index in [1.54, 1.807) is 28.8 Å². The Morgan fingerprint density at radius 2 is 1.89 bits per heavy atom. The van der Waals surface area contributed by atoms with Gasteiger partial charge in [-0.05, 0) is 37.6 Å². The van der Waals surface area contributed by atoms with Gasteiger partial charge in [-0.3, -0.25) is 19.1 Å². The van der Waals surface area contributed by atoms with Crippen LogP contribution in [0.5, 0.6) is 5.75 Å².